The molecule has 3 heterocycles. The lowest BCUT2D eigenvalue weighted by atomic mass is 9.33. The third kappa shape index (κ3) is 8.56. The van der Waals surface area contributed by atoms with Gasteiger partial charge < -0.3 is 19.1 Å². The Morgan fingerprint density at radius 2 is 0.930 bits per heavy atom. The summed E-state index contributed by atoms with van der Waals surface area (Å²) in [4.78, 5) is 7.57. The molecule has 0 fully saturated rings. The number of rotatable bonds is 7. The molecule has 86 heavy (non-hydrogen) atoms. The Balaban J connectivity index is 0.993. The van der Waals surface area contributed by atoms with E-state index in [-0.39, 0.29) is 28.4 Å². The summed E-state index contributed by atoms with van der Waals surface area (Å²) in [6, 6.07) is 89.4. The molecule has 0 radical (unpaired) electrons. The van der Waals surface area contributed by atoms with Crippen LogP contribution >= 0.6 is 0 Å². The molecule has 1 aromatic heterocycles. The zero-order chi connectivity index (χ0) is 59.2. The maximum Gasteiger partial charge on any atom is 0.252 e. The first kappa shape index (κ1) is 53.4. The topological polar surface area (TPSA) is 22.9 Å². The first-order valence-electron chi connectivity index (χ1n) is 30.7. The van der Waals surface area contributed by atoms with Crippen molar-refractivity contribution < 1.29 is 4.42 Å². The number of benzene rings is 11. The lowest BCUT2D eigenvalue weighted by molar-refractivity contribution is 0.590. The van der Waals surface area contributed by atoms with E-state index >= 15 is 0 Å². The SMILES string of the molecule is CC(C)(C)c1ccc(N(c2ccc(C(C)(C)C)cc2)c2ccc3c(c2)N(c2ccc(-c4ccc5c(c4)C(C)(C)c4ccccc4-5)cc2)c2cc(C(C)(C)C)cc4c2B3c2cc(-c3ccccc3)ccc2N4c2cccc3c2oc2ccccc23)cc1. The number of hydrogen-bond acceptors (Lipinski definition) is 4. The van der Waals surface area contributed by atoms with Crippen molar-refractivity contribution in [3.05, 3.63) is 264 Å². The maximum absolute atomic E-state index is 7.00. The average molecular weight is 1110 g/mol. The molecule has 5 heteroatoms. The number of furan rings is 1. The van der Waals surface area contributed by atoms with E-state index in [0.717, 1.165) is 67.4 Å². The third-order valence-corrected chi connectivity index (χ3v) is 18.9. The highest BCUT2D eigenvalue weighted by molar-refractivity contribution is 7.00. The monoisotopic (exact) mass is 1110 g/mol. The van der Waals surface area contributed by atoms with Crippen LogP contribution in [0.5, 0.6) is 0 Å². The lowest BCUT2D eigenvalue weighted by Gasteiger charge is -2.45. The van der Waals surface area contributed by atoms with E-state index in [0.29, 0.717) is 0 Å². The standard InChI is InChI=1S/C81H72BN3O/c1-78(2,3)55-32-38-58(39-33-55)83(59-40-34-56(35-41-59)79(4,5)6)61-42-44-68-72(50-61)84(60-36-28-52(29-37-60)53-30-43-63-62-22-15-17-25-66(62)81(10,11)67(63)46-53)73-48-57(80(7,8)9)49-74-76(73)82(68)69-47-54(51-20-13-12-14-21-51)31-45-70(69)85(74)71-26-19-24-65-64-23-16-18-27-75(64)86-77(65)71/h12-50H,1-11H3. The third-order valence-electron chi connectivity index (χ3n) is 18.9. The molecule has 15 rings (SSSR count). The lowest BCUT2D eigenvalue weighted by Crippen LogP contribution is -2.61. The second-order valence-corrected chi connectivity index (χ2v) is 27.8. The van der Waals surface area contributed by atoms with Crippen LogP contribution in [0.1, 0.15) is 104 Å². The van der Waals surface area contributed by atoms with Gasteiger partial charge in [0.05, 0.1) is 5.69 Å². The molecule has 12 aromatic rings. The van der Waals surface area contributed by atoms with E-state index in [9.17, 15) is 0 Å². The molecule has 0 atom stereocenters. The molecule has 0 bridgehead atoms. The minimum absolute atomic E-state index is 0.00550. The minimum Gasteiger partial charge on any atom is -0.454 e. The van der Waals surface area contributed by atoms with E-state index in [4.69, 9.17) is 4.42 Å². The van der Waals surface area contributed by atoms with E-state index in [1.165, 1.54) is 83.3 Å². The van der Waals surface area contributed by atoms with Crippen LogP contribution in [0.2, 0.25) is 0 Å². The van der Waals surface area contributed by atoms with Crippen molar-refractivity contribution in [2.45, 2.75) is 97.8 Å². The van der Waals surface area contributed by atoms with Crippen molar-refractivity contribution in [3.8, 4) is 33.4 Å². The van der Waals surface area contributed by atoms with Gasteiger partial charge in [0.1, 0.15) is 5.58 Å². The van der Waals surface area contributed by atoms with Gasteiger partial charge in [0.15, 0.2) is 5.58 Å². The van der Waals surface area contributed by atoms with Crippen molar-refractivity contribution in [3.63, 3.8) is 0 Å². The van der Waals surface area contributed by atoms with Crippen LogP contribution in [-0.4, -0.2) is 6.71 Å². The second kappa shape index (κ2) is 19.4. The molecule has 0 unspecified atom stereocenters. The average Bonchev–Trinajstić information content (AvgIpc) is 0.852. The molecule has 1 aliphatic carbocycles. The highest BCUT2D eigenvalue weighted by Gasteiger charge is 2.45. The van der Waals surface area contributed by atoms with Crippen LogP contribution in [0.25, 0.3) is 55.3 Å². The fourth-order valence-corrected chi connectivity index (χ4v) is 14.2. The van der Waals surface area contributed by atoms with Crippen LogP contribution in [0, 0.1) is 0 Å². The van der Waals surface area contributed by atoms with Gasteiger partial charge in [0, 0.05) is 61.7 Å². The highest BCUT2D eigenvalue weighted by Crippen LogP contribution is 2.52. The predicted octanol–water partition coefficient (Wildman–Crippen LogP) is 20.7. The van der Waals surface area contributed by atoms with Gasteiger partial charge in [-0.25, -0.2) is 0 Å². The molecule has 0 saturated heterocycles. The molecule has 420 valence electrons. The maximum atomic E-state index is 7.00. The Morgan fingerprint density at radius 1 is 0.372 bits per heavy atom. The molecule has 0 saturated carbocycles. The zero-order valence-electron chi connectivity index (χ0n) is 51.3. The Labute approximate surface area is 508 Å². The molecular formula is C81H72BN3O. The number of para-hydroxylation sites is 2. The summed E-state index contributed by atoms with van der Waals surface area (Å²) in [6.07, 6.45) is 0. The Hall–Kier alpha value is -9.32. The molecule has 3 aliphatic rings. The van der Waals surface area contributed by atoms with E-state index in [1.807, 2.05) is 0 Å². The van der Waals surface area contributed by atoms with Crippen LogP contribution in [0.15, 0.2) is 241 Å². The highest BCUT2D eigenvalue weighted by atomic mass is 16.3. The largest absolute Gasteiger partial charge is 0.454 e. The normalized spacial score (nSPS) is 14.0. The number of hydrogen-bond donors (Lipinski definition) is 0. The molecule has 4 nitrogen and oxygen atoms in total. The van der Waals surface area contributed by atoms with Crippen molar-refractivity contribution in [1.29, 1.82) is 0 Å². The first-order valence-corrected chi connectivity index (χ1v) is 30.7. The quantitative estimate of drug-likeness (QED) is 0.148. The van der Waals surface area contributed by atoms with Gasteiger partial charge in [-0.15, -0.1) is 0 Å². The van der Waals surface area contributed by atoms with Crippen LogP contribution in [-0.2, 0) is 21.7 Å². The van der Waals surface area contributed by atoms with Crippen molar-refractivity contribution >= 4 is 96.2 Å². The molecular weight excluding hydrogens is 1040 g/mol. The van der Waals surface area contributed by atoms with Gasteiger partial charge in [0.2, 0.25) is 0 Å². The molecule has 0 spiro atoms. The van der Waals surface area contributed by atoms with E-state index < -0.39 is 0 Å². The second-order valence-electron chi connectivity index (χ2n) is 27.8. The summed E-state index contributed by atoms with van der Waals surface area (Å²) >= 11 is 0. The Bertz CT molecular complexity index is 4610. The van der Waals surface area contributed by atoms with Gasteiger partial charge in [-0.3, -0.25) is 0 Å². The van der Waals surface area contributed by atoms with Gasteiger partial charge in [-0.05, 0) is 179 Å². The van der Waals surface area contributed by atoms with E-state index in [1.54, 1.807) is 0 Å². The van der Waals surface area contributed by atoms with Gasteiger partial charge >= 0.3 is 0 Å². The van der Waals surface area contributed by atoms with Gasteiger partial charge in [0.25, 0.3) is 6.71 Å². The van der Waals surface area contributed by atoms with Crippen molar-refractivity contribution in [2.24, 2.45) is 0 Å². The molecule has 11 aromatic carbocycles. The summed E-state index contributed by atoms with van der Waals surface area (Å²) in [5.41, 5.74) is 29.3. The zero-order valence-corrected chi connectivity index (χ0v) is 51.3. The number of nitrogens with zero attached hydrogens (tertiary/aromatic N) is 3. The van der Waals surface area contributed by atoms with Crippen molar-refractivity contribution in [1.82, 2.24) is 0 Å². The Morgan fingerprint density at radius 3 is 1.62 bits per heavy atom. The smallest absolute Gasteiger partial charge is 0.252 e. The summed E-state index contributed by atoms with van der Waals surface area (Å²) in [5.74, 6) is 0. The molecule has 0 N–H and O–H groups in total. The van der Waals surface area contributed by atoms with E-state index in [2.05, 4.69) is 327 Å². The fourth-order valence-electron chi connectivity index (χ4n) is 14.2. The van der Waals surface area contributed by atoms with Crippen molar-refractivity contribution in [2.75, 3.05) is 14.7 Å². The fraction of sp³-hybridized carbons (Fsp3) is 0.185. The van der Waals surface area contributed by atoms with Crippen LogP contribution in [0.4, 0.5) is 51.2 Å². The van der Waals surface area contributed by atoms with Crippen LogP contribution in [0.3, 0.4) is 0 Å². The Kier molecular flexibility index (Phi) is 12.0. The summed E-state index contributed by atoms with van der Waals surface area (Å²) in [6.45, 7) is 25.4. The summed E-state index contributed by atoms with van der Waals surface area (Å²) in [5, 5.41) is 2.21. The number of anilines is 9. The van der Waals surface area contributed by atoms with Crippen LogP contribution < -0.4 is 31.1 Å². The molecule has 2 aliphatic heterocycles. The predicted molar refractivity (Wildman–Crippen MR) is 367 cm³/mol. The van der Waals surface area contributed by atoms with Gasteiger partial charge in [-0.2, -0.15) is 0 Å². The summed E-state index contributed by atoms with van der Waals surface area (Å²) in [7, 11) is 0. The number of fused-ring (bicyclic) bond motifs is 10. The minimum atomic E-state index is -0.219. The first-order chi connectivity index (χ1) is 41.3. The molecule has 0 amide bonds. The van der Waals surface area contributed by atoms with Gasteiger partial charge in [-0.1, -0.05) is 228 Å². The summed E-state index contributed by atoms with van der Waals surface area (Å²) < 4.78 is 7.00.